The third kappa shape index (κ3) is 2.60. The molecule has 4 heteroatoms. The predicted octanol–water partition coefficient (Wildman–Crippen LogP) is 3.48. The fraction of sp³-hybridized carbons (Fsp3) is 0.0588. The van der Waals surface area contributed by atoms with E-state index in [9.17, 15) is 9.18 Å². The van der Waals surface area contributed by atoms with Crippen LogP contribution in [0, 0.1) is 12.7 Å². The van der Waals surface area contributed by atoms with Crippen LogP contribution < -0.4 is 0 Å². The van der Waals surface area contributed by atoms with Gasteiger partial charge in [-0.05, 0) is 36.3 Å². The SMILES string of the molecule is Cc1ccccc1/C=C1\N=C(c2ccccc2F)OC1=O. The van der Waals surface area contributed by atoms with E-state index in [1.807, 2.05) is 31.2 Å². The number of rotatable bonds is 2. The summed E-state index contributed by atoms with van der Waals surface area (Å²) >= 11 is 0. The lowest BCUT2D eigenvalue weighted by Crippen LogP contribution is -2.07. The lowest BCUT2D eigenvalue weighted by atomic mass is 10.1. The molecule has 3 nitrogen and oxygen atoms in total. The van der Waals surface area contributed by atoms with Gasteiger partial charge in [-0.1, -0.05) is 36.4 Å². The van der Waals surface area contributed by atoms with E-state index in [2.05, 4.69) is 4.99 Å². The third-order valence-electron chi connectivity index (χ3n) is 3.21. The van der Waals surface area contributed by atoms with Gasteiger partial charge in [-0.2, -0.15) is 0 Å². The Balaban J connectivity index is 2.00. The highest BCUT2D eigenvalue weighted by atomic mass is 19.1. The lowest BCUT2D eigenvalue weighted by molar-refractivity contribution is -0.129. The Kier molecular flexibility index (Phi) is 3.36. The van der Waals surface area contributed by atoms with Gasteiger partial charge in [-0.3, -0.25) is 0 Å². The van der Waals surface area contributed by atoms with Crippen LogP contribution in [0.1, 0.15) is 16.7 Å². The molecule has 0 fully saturated rings. The van der Waals surface area contributed by atoms with Crippen molar-refractivity contribution < 1.29 is 13.9 Å². The molecule has 1 aliphatic heterocycles. The van der Waals surface area contributed by atoms with Crippen molar-refractivity contribution in [3.8, 4) is 0 Å². The average molecular weight is 281 g/mol. The molecule has 0 saturated carbocycles. The number of aryl methyl sites for hydroxylation is 1. The first-order valence-electron chi connectivity index (χ1n) is 6.48. The van der Waals surface area contributed by atoms with Crippen molar-refractivity contribution in [3.63, 3.8) is 0 Å². The van der Waals surface area contributed by atoms with Gasteiger partial charge in [0, 0.05) is 0 Å². The molecule has 2 aromatic rings. The molecule has 1 aliphatic rings. The maximum atomic E-state index is 13.7. The smallest absolute Gasteiger partial charge is 0.363 e. The highest BCUT2D eigenvalue weighted by Crippen LogP contribution is 2.21. The normalized spacial score (nSPS) is 16.0. The molecule has 0 unspecified atom stereocenters. The van der Waals surface area contributed by atoms with Crippen LogP contribution in [0.2, 0.25) is 0 Å². The van der Waals surface area contributed by atoms with Crippen LogP contribution in [0.4, 0.5) is 4.39 Å². The molecule has 0 bridgehead atoms. The molecule has 21 heavy (non-hydrogen) atoms. The number of cyclic esters (lactones) is 1. The van der Waals surface area contributed by atoms with Gasteiger partial charge in [0.2, 0.25) is 5.90 Å². The molecule has 0 atom stereocenters. The maximum Gasteiger partial charge on any atom is 0.363 e. The van der Waals surface area contributed by atoms with Crippen molar-refractivity contribution in [1.29, 1.82) is 0 Å². The first-order chi connectivity index (χ1) is 10.1. The highest BCUT2D eigenvalue weighted by molar-refractivity contribution is 6.13. The van der Waals surface area contributed by atoms with Crippen molar-refractivity contribution in [1.82, 2.24) is 0 Å². The van der Waals surface area contributed by atoms with E-state index in [0.717, 1.165) is 11.1 Å². The Labute approximate surface area is 121 Å². The van der Waals surface area contributed by atoms with Gasteiger partial charge in [-0.15, -0.1) is 0 Å². The molecule has 0 amide bonds. The van der Waals surface area contributed by atoms with Crippen LogP contribution >= 0.6 is 0 Å². The quantitative estimate of drug-likeness (QED) is 0.624. The Bertz CT molecular complexity index is 778. The van der Waals surface area contributed by atoms with Crippen molar-refractivity contribution in [2.75, 3.05) is 0 Å². The number of nitrogens with zero attached hydrogens (tertiary/aromatic N) is 1. The standard InChI is InChI=1S/C17H12FNO2/c1-11-6-2-3-7-12(11)10-15-17(20)21-16(19-15)13-8-4-5-9-14(13)18/h2-10H,1H3/b15-10-. The zero-order chi connectivity index (χ0) is 14.8. The Morgan fingerprint density at radius 3 is 2.57 bits per heavy atom. The minimum Gasteiger partial charge on any atom is -0.402 e. The largest absolute Gasteiger partial charge is 0.402 e. The average Bonchev–Trinajstić information content (AvgIpc) is 2.83. The van der Waals surface area contributed by atoms with Crippen LogP contribution in [-0.2, 0) is 9.53 Å². The van der Waals surface area contributed by atoms with Crippen LogP contribution in [0.3, 0.4) is 0 Å². The van der Waals surface area contributed by atoms with Gasteiger partial charge in [0.25, 0.3) is 0 Å². The van der Waals surface area contributed by atoms with Crippen LogP contribution in [-0.4, -0.2) is 11.9 Å². The Hall–Kier alpha value is -2.75. The Morgan fingerprint density at radius 2 is 1.81 bits per heavy atom. The zero-order valence-corrected chi connectivity index (χ0v) is 11.3. The molecular weight excluding hydrogens is 269 g/mol. The monoisotopic (exact) mass is 281 g/mol. The molecule has 0 N–H and O–H groups in total. The summed E-state index contributed by atoms with van der Waals surface area (Å²) in [5.41, 5.74) is 2.25. The first kappa shape index (κ1) is 13.2. The number of ether oxygens (including phenoxy) is 1. The molecule has 0 aliphatic carbocycles. The van der Waals surface area contributed by atoms with Gasteiger partial charge >= 0.3 is 5.97 Å². The molecule has 1 heterocycles. The van der Waals surface area contributed by atoms with E-state index in [-0.39, 0.29) is 17.2 Å². The summed E-state index contributed by atoms with van der Waals surface area (Å²) in [5, 5.41) is 0. The number of esters is 1. The number of hydrogen-bond donors (Lipinski definition) is 0. The molecule has 0 spiro atoms. The topological polar surface area (TPSA) is 38.7 Å². The van der Waals surface area contributed by atoms with E-state index >= 15 is 0 Å². The number of aliphatic imine (C=N–C) groups is 1. The van der Waals surface area contributed by atoms with Gasteiger partial charge in [0.15, 0.2) is 5.70 Å². The molecular formula is C17H12FNO2. The molecule has 0 aromatic heterocycles. The van der Waals surface area contributed by atoms with Crippen LogP contribution in [0.25, 0.3) is 6.08 Å². The first-order valence-corrected chi connectivity index (χ1v) is 6.48. The van der Waals surface area contributed by atoms with E-state index in [1.165, 1.54) is 12.1 Å². The van der Waals surface area contributed by atoms with Gasteiger partial charge in [0.05, 0.1) is 5.56 Å². The summed E-state index contributed by atoms with van der Waals surface area (Å²) in [5.74, 6) is -1.05. The van der Waals surface area contributed by atoms with Crippen molar-refractivity contribution in [3.05, 3.63) is 76.7 Å². The Morgan fingerprint density at radius 1 is 1.10 bits per heavy atom. The zero-order valence-electron chi connectivity index (χ0n) is 11.3. The third-order valence-corrected chi connectivity index (χ3v) is 3.21. The minimum absolute atomic E-state index is 0.00191. The van der Waals surface area contributed by atoms with Crippen molar-refractivity contribution in [2.45, 2.75) is 6.92 Å². The van der Waals surface area contributed by atoms with Crippen molar-refractivity contribution >= 4 is 17.9 Å². The van der Waals surface area contributed by atoms with Gasteiger partial charge in [-0.25, -0.2) is 14.2 Å². The lowest BCUT2D eigenvalue weighted by Gasteiger charge is -1.99. The fourth-order valence-corrected chi connectivity index (χ4v) is 2.06. The van der Waals surface area contributed by atoms with E-state index in [1.54, 1.807) is 18.2 Å². The summed E-state index contributed by atoms with van der Waals surface area (Å²) in [4.78, 5) is 16.0. The minimum atomic E-state index is -0.573. The second-order valence-corrected chi connectivity index (χ2v) is 4.67. The molecule has 3 rings (SSSR count). The maximum absolute atomic E-state index is 13.7. The number of halogens is 1. The summed E-state index contributed by atoms with van der Waals surface area (Å²) < 4.78 is 18.8. The summed E-state index contributed by atoms with van der Waals surface area (Å²) in [6, 6.07) is 13.7. The number of carbonyl (C=O) groups is 1. The second-order valence-electron chi connectivity index (χ2n) is 4.67. The number of benzene rings is 2. The van der Waals surface area contributed by atoms with Gasteiger partial charge < -0.3 is 4.74 Å². The van der Waals surface area contributed by atoms with E-state index in [0.29, 0.717) is 0 Å². The second kappa shape index (κ2) is 5.32. The molecule has 104 valence electrons. The summed E-state index contributed by atoms with van der Waals surface area (Å²) in [6.45, 7) is 1.94. The van der Waals surface area contributed by atoms with Crippen LogP contribution in [0.15, 0.2) is 59.2 Å². The number of carbonyl (C=O) groups excluding carboxylic acids is 1. The molecule has 0 saturated heterocycles. The van der Waals surface area contributed by atoms with Crippen LogP contribution in [0.5, 0.6) is 0 Å². The fourth-order valence-electron chi connectivity index (χ4n) is 2.06. The highest BCUT2D eigenvalue weighted by Gasteiger charge is 2.25. The predicted molar refractivity (Wildman–Crippen MR) is 78.2 cm³/mol. The molecule has 0 radical (unpaired) electrons. The number of hydrogen-bond acceptors (Lipinski definition) is 3. The summed E-state index contributed by atoms with van der Waals surface area (Å²) in [6.07, 6.45) is 1.64. The van der Waals surface area contributed by atoms with E-state index in [4.69, 9.17) is 4.74 Å². The summed E-state index contributed by atoms with van der Waals surface area (Å²) in [7, 11) is 0. The molecule has 2 aromatic carbocycles. The van der Waals surface area contributed by atoms with Crippen molar-refractivity contribution in [2.24, 2.45) is 4.99 Å². The van der Waals surface area contributed by atoms with E-state index < -0.39 is 11.8 Å². The van der Waals surface area contributed by atoms with Gasteiger partial charge in [0.1, 0.15) is 5.82 Å².